The fraction of sp³-hybridized carbons (Fsp3) is 0.464. The normalized spacial score (nSPS) is 14.2. The summed E-state index contributed by atoms with van der Waals surface area (Å²) in [5.41, 5.74) is 4.63. The van der Waals surface area contributed by atoms with Crippen LogP contribution >= 0.6 is 0 Å². The standard InChI is InChI=1S/C28H36N2O5/c1-17(2)13-19(14-25(31)30-26(18(3)4)27(32)33)15-29-28(34)35-16-24-22-11-7-5-9-20(22)21-10-6-8-12-23(21)24/h5-12,17-19,24,26H,13-16H2,1-4H3,(H,29,34)(H,30,31)(H,32,33)/t19-,26?/m0/s1. The molecule has 0 aliphatic heterocycles. The van der Waals surface area contributed by atoms with E-state index >= 15 is 0 Å². The highest BCUT2D eigenvalue weighted by Crippen LogP contribution is 2.44. The molecule has 0 radical (unpaired) electrons. The van der Waals surface area contributed by atoms with Gasteiger partial charge < -0.3 is 20.5 Å². The molecule has 0 aromatic heterocycles. The van der Waals surface area contributed by atoms with Crippen LogP contribution in [0.1, 0.15) is 57.6 Å². The number of carboxylic acids is 1. The summed E-state index contributed by atoms with van der Waals surface area (Å²) in [6.07, 6.45) is 0.334. The van der Waals surface area contributed by atoms with Crippen molar-refractivity contribution in [2.24, 2.45) is 17.8 Å². The molecule has 1 aliphatic rings. The van der Waals surface area contributed by atoms with Gasteiger partial charge in [0.25, 0.3) is 0 Å². The number of rotatable bonds is 11. The Bertz CT molecular complexity index is 1000. The summed E-state index contributed by atoms with van der Waals surface area (Å²) >= 11 is 0. The molecule has 1 aliphatic carbocycles. The van der Waals surface area contributed by atoms with E-state index in [1.807, 2.05) is 38.1 Å². The molecule has 1 unspecified atom stereocenters. The highest BCUT2D eigenvalue weighted by molar-refractivity contribution is 5.84. The van der Waals surface area contributed by atoms with Crippen molar-refractivity contribution >= 4 is 18.0 Å². The van der Waals surface area contributed by atoms with Crippen molar-refractivity contribution in [3.8, 4) is 11.1 Å². The SMILES string of the molecule is CC(C)C[C@H](CNC(=O)OCC1c2ccccc2-c2ccccc21)CC(=O)NC(C(=O)O)C(C)C. The van der Waals surface area contributed by atoms with Gasteiger partial charge in [-0.1, -0.05) is 76.2 Å². The first-order chi connectivity index (χ1) is 16.7. The molecule has 0 fully saturated rings. The molecule has 7 heteroatoms. The lowest BCUT2D eigenvalue weighted by molar-refractivity contribution is -0.143. The molecular formula is C28H36N2O5. The summed E-state index contributed by atoms with van der Waals surface area (Å²) < 4.78 is 5.60. The second-order valence-electron chi connectivity index (χ2n) is 10.0. The zero-order valence-corrected chi connectivity index (χ0v) is 20.9. The van der Waals surface area contributed by atoms with Crippen LogP contribution < -0.4 is 10.6 Å². The maximum absolute atomic E-state index is 12.5. The van der Waals surface area contributed by atoms with E-state index in [1.165, 1.54) is 11.1 Å². The Morgan fingerprint density at radius 3 is 2.03 bits per heavy atom. The number of hydrogen-bond donors (Lipinski definition) is 3. The number of benzene rings is 2. The first-order valence-corrected chi connectivity index (χ1v) is 12.3. The second kappa shape index (κ2) is 11.9. The number of carbonyl (C=O) groups is 3. The first-order valence-electron chi connectivity index (χ1n) is 12.3. The van der Waals surface area contributed by atoms with Crippen molar-refractivity contribution in [2.45, 2.75) is 52.5 Å². The molecule has 188 valence electrons. The molecule has 7 nitrogen and oxygen atoms in total. The third-order valence-electron chi connectivity index (χ3n) is 6.41. The number of carbonyl (C=O) groups excluding carboxylic acids is 2. The molecule has 2 aromatic rings. The third kappa shape index (κ3) is 6.84. The van der Waals surface area contributed by atoms with Crippen LogP contribution in [0.4, 0.5) is 4.79 Å². The van der Waals surface area contributed by atoms with Crippen LogP contribution in [0.15, 0.2) is 48.5 Å². The Kier molecular flexibility index (Phi) is 8.90. The van der Waals surface area contributed by atoms with E-state index in [2.05, 4.69) is 34.9 Å². The lowest BCUT2D eigenvalue weighted by atomic mass is 9.93. The topological polar surface area (TPSA) is 105 Å². The number of carboxylic acid groups (broad SMARTS) is 1. The summed E-state index contributed by atoms with van der Waals surface area (Å²) in [4.78, 5) is 36.5. The maximum atomic E-state index is 12.5. The van der Waals surface area contributed by atoms with E-state index < -0.39 is 18.1 Å². The number of nitrogens with one attached hydrogen (secondary N) is 2. The predicted octanol–water partition coefficient (Wildman–Crippen LogP) is 4.80. The molecule has 0 saturated heterocycles. The first kappa shape index (κ1) is 26.3. The molecular weight excluding hydrogens is 444 g/mol. The number of hydrogen-bond acceptors (Lipinski definition) is 4. The van der Waals surface area contributed by atoms with Gasteiger partial charge >= 0.3 is 12.1 Å². The number of amides is 2. The highest BCUT2D eigenvalue weighted by Gasteiger charge is 2.29. The average molecular weight is 481 g/mol. The van der Waals surface area contributed by atoms with E-state index in [1.54, 1.807) is 13.8 Å². The Morgan fingerprint density at radius 2 is 1.51 bits per heavy atom. The Labute approximate surface area is 207 Å². The molecule has 3 N–H and O–H groups in total. The quantitative estimate of drug-likeness (QED) is 0.428. The molecule has 0 spiro atoms. The van der Waals surface area contributed by atoms with E-state index in [0.29, 0.717) is 5.92 Å². The number of aliphatic carboxylic acids is 1. The van der Waals surface area contributed by atoms with Crippen LogP contribution in [0.3, 0.4) is 0 Å². The fourth-order valence-corrected chi connectivity index (χ4v) is 4.79. The highest BCUT2D eigenvalue weighted by atomic mass is 16.5. The molecule has 2 atom stereocenters. The average Bonchev–Trinajstić information content (AvgIpc) is 3.12. The van der Waals surface area contributed by atoms with E-state index in [9.17, 15) is 19.5 Å². The minimum Gasteiger partial charge on any atom is -0.480 e. The third-order valence-corrected chi connectivity index (χ3v) is 6.41. The Morgan fingerprint density at radius 1 is 0.943 bits per heavy atom. The monoisotopic (exact) mass is 480 g/mol. The van der Waals surface area contributed by atoms with Gasteiger partial charge in [0, 0.05) is 18.9 Å². The van der Waals surface area contributed by atoms with Gasteiger partial charge in [0.1, 0.15) is 12.6 Å². The van der Waals surface area contributed by atoms with Crippen molar-refractivity contribution in [3.63, 3.8) is 0 Å². The van der Waals surface area contributed by atoms with Gasteiger partial charge in [0.15, 0.2) is 0 Å². The zero-order chi connectivity index (χ0) is 25.5. The van der Waals surface area contributed by atoms with Crippen LogP contribution in [-0.2, 0) is 14.3 Å². The summed E-state index contributed by atoms with van der Waals surface area (Å²) in [7, 11) is 0. The van der Waals surface area contributed by atoms with Gasteiger partial charge in [0.05, 0.1) is 0 Å². The van der Waals surface area contributed by atoms with E-state index in [0.717, 1.165) is 17.5 Å². The van der Waals surface area contributed by atoms with Gasteiger partial charge in [-0.15, -0.1) is 0 Å². The van der Waals surface area contributed by atoms with Crippen molar-refractivity contribution in [1.82, 2.24) is 10.6 Å². The molecule has 2 amide bonds. The predicted molar refractivity (Wildman–Crippen MR) is 135 cm³/mol. The molecule has 0 bridgehead atoms. The van der Waals surface area contributed by atoms with Gasteiger partial charge in [-0.05, 0) is 46.4 Å². The summed E-state index contributed by atoms with van der Waals surface area (Å²) in [6.45, 7) is 8.11. The summed E-state index contributed by atoms with van der Waals surface area (Å²) in [6, 6.07) is 15.4. The van der Waals surface area contributed by atoms with Crippen LogP contribution in [0.5, 0.6) is 0 Å². The van der Waals surface area contributed by atoms with Crippen LogP contribution in [0.2, 0.25) is 0 Å². The Balaban J connectivity index is 1.56. The largest absolute Gasteiger partial charge is 0.480 e. The lowest BCUT2D eigenvalue weighted by Gasteiger charge is -2.22. The molecule has 2 aromatic carbocycles. The molecule has 0 saturated carbocycles. The van der Waals surface area contributed by atoms with Crippen molar-refractivity contribution in [1.29, 1.82) is 0 Å². The van der Waals surface area contributed by atoms with Crippen LogP contribution in [0.25, 0.3) is 11.1 Å². The Hall–Kier alpha value is -3.35. The summed E-state index contributed by atoms with van der Waals surface area (Å²) in [5.74, 6) is -1.43. The van der Waals surface area contributed by atoms with Gasteiger partial charge in [-0.2, -0.15) is 0 Å². The summed E-state index contributed by atoms with van der Waals surface area (Å²) in [5, 5.41) is 14.7. The van der Waals surface area contributed by atoms with Crippen molar-refractivity contribution in [3.05, 3.63) is 59.7 Å². The maximum Gasteiger partial charge on any atom is 0.407 e. The number of fused-ring (bicyclic) bond motifs is 3. The molecule has 35 heavy (non-hydrogen) atoms. The lowest BCUT2D eigenvalue weighted by Crippen LogP contribution is -2.45. The second-order valence-corrected chi connectivity index (χ2v) is 10.0. The number of ether oxygens (including phenoxy) is 1. The minimum absolute atomic E-state index is 0.0191. The zero-order valence-electron chi connectivity index (χ0n) is 20.9. The van der Waals surface area contributed by atoms with Gasteiger partial charge in [0.2, 0.25) is 5.91 Å². The van der Waals surface area contributed by atoms with Crippen molar-refractivity contribution < 1.29 is 24.2 Å². The van der Waals surface area contributed by atoms with Crippen molar-refractivity contribution in [2.75, 3.05) is 13.2 Å². The molecule has 3 rings (SSSR count). The van der Waals surface area contributed by atoms with Crippen LogP contribution in [0, 0.1) is 17.8 Å². The minimum atomic E-state index is -1.05. The van der Waals surface area contributed by atoms with Gasteiger partial charge in [-0.25, -0.2) is 9.59 Å². The fourth-order valence-electron chi connectivity index (χ4n) is 4.79. The van der Waals surface area contributed by atoms with Crippen LogP contribution in [-0.4, -0.2) is 42.3 Å². The van der Waals surface area contributed by atoms with E-state index in [-0.39, 0.29) is 43.2 Å². The smallest absolute Gasteiger partial charge is 0.407 e. The van der Waals surface area contributed by atoms with E-state index in [4.69, 9.17) is 4.74 Å². The van der Waals surface area contributed by atoms with Gasteiger partial charge in [-0.3, -0.25) is 4.79 Å². The number of alkyl carbamates (subject to hydrolysis) is 1. The molecule has 0 heterocycles.